The van der Waals surface area contributed by atoms with Gasteiger partial charge in [0.25, 0.3) is 0 Å². The van der Waals surface area contributed by atoms with Crippen LogP contribution in [0.4, 0.5) is 13.2 Å². The van der Waals surface area contributed by atoms with Gasteiger partial charge in [0.1, 0.15) is 47.8 Å². The number of carbonyl (C=O) groups is 12. The summed E-state index contributed by atoms with van der Waals surface area (Å²) >= 11 is 6.17. The van der Waals surface area contributed by atoms with Crippen molar-refractivity contribution in [3.8, 4) is 0 Å². The molecule has 3 heterocycles. The highest BCUT2D eigenvalue weighted by molar-refractivity contribution is 6.31. The van der Waals surface area contributed by atoms with Crippen LogP contribution in [0.25, 0.3) is 0 Å². The van der Waals surface area contributed by atoms with Crippen LogP contribution in [0.2, 0.25) is 5.02 Å². The summed E-state index contributed by atoms with van der Waals surface area (Å²) in [4.78, 5) is 190. The van der Waals surface area contributed by atoms with Crippen molar-refractivity contribution in [2.75, 3.05) is 95.2 Å². The van der Waals surface area contributed by atoms with Crippen LogP contribution in [0.5, 0.6) is 0 Å². The summed E-state index contributed by atoms with van der Waals surface area (Å²) in [6, 6.07) is -5.93. The van der Waals surface area contributed by atoms with Gasteiger partial charge in [-0.2, -0.15) is 13.2 Å². The molecule has 0 bridgehead atoms. The van der Waals surface area contributed by atoms with Crippen LogP contribution in [0.1, 0.15) is 175 Å². The van der Waals surface area contributed by atoms with Crippen molar-refractivity contribution < 1.29 is 75.4 Å². The molecule has 1 aromatic carbocycles. The van der Waals surface area contributed by atoms with E-state index in [2.05, 4.69) is 16.0 Å². The van der Waals surface area contributed by atoms with Crippen molar-refractivity contribution in [1.82, 2.24) is 60.0 Å². The number of likely N-dealkylation sites (N-methyl/N-ethyl adjacent to an activating group) is 7. The Bertz CT molecular complexity index is 3120. The molecule has 3 N–H and O–H groups in total. The highest BCUT2D eigenvalue weighted by atomic mass is 35.5. The number of amides is 12. The first kappa shape index (κ1) is 82.9. The summed E-state index contributed by atoms with van der Waals surface area (Å²) < 4.78 is 47.8. The number of hydrogen-bond donors (Lipinski definition) is 3. The van der Waals surface area contributed by atoms with Gasteiger partial charge in [-0.25, -0.2) is 0 Å². The van der Waals surface area contributed by atoms with Crippen LogP contribution in [0.3, 0.4) is 0 Å². The van der Waals surface area contributed by atoms with Gasteiger partial charge in [-0.1, -0.05) is 111 Å². The zero-order chi connectivity index (χ0) is 75.1. The molecule has 6 rings (SSSR count). The maximum atomic E-state index is 15.6. The molecular formula is C72H112ClF3N12O13. The van der Waals surface area contributed by atoms with Crippen molar-refractivity contribution in [1.29, 1.82) is 0 Å². The number of alkyl halides is 3. The third-order valence-corrected chi connectivity index (χ3v) is 21.5. The minimum atomic E-state index is -4.78. The molecule has 1 aromatic rings. The monoisotopic (exact) mass is 1440 g/mol. The Labute approximate surface area is 599 Å². The van der Waals surface area contributed by atoms with E-state index >= 15 is 19.2 Å². The molecule has 9 atom stereocenters. The second-order valence-corrected chi connectivity index (χ2v) is 30.2. The Morgan fingerprint density at radius 3 is 1.83 bits per heavy atom. The van der Waals surface area contributed by atoms with Gasteiger partial charge in [-0.3, -0.25) is 57.5 Å². The van der Waals surface area contributed by atoms with Crippen molar-refractivity contribution in [2.45, 2.75) is 231 Å². The van der Waals surface area contributed by atoms with Gasteiger partial charge in [-0.05, 0) is 106 Å². The van der Waals surface area contributed by atoms with Gasteiger partial charge >= 0.3 is 6.18 Å². The second-order valence-electron chi connectivity index (χ2n) is 29.8. The molecule has 0 aromatic heterocycles. The fourth-order valence-corrected chi connectivity index (χ4v) is 15.1. The molecule has 29 heteroatoms. The normalized spacial score (nSPS) is 26.4. The number of carbonyl (C=O) groups excluding carboxylic acids is 12. The Hall–Kier alpha value is -7.10. The van der Waals surface area contributed by atoms with Gasteiger partial charge in [0, 0.05) is 82.0 Å². The lowest BCUT2D eigenvalue weighted by atomic mass is 9.84. The number of hydrogen-bond acceptors (Lipinski definition) is 13. The molecule has 0 radical (unpaired) electrons. The number of benzene rings is 1. The summed E-state index contributed by atoms with van der Waals surface area (Å²) in [5.41, 5.74) is -2.44. The summed E-state index contributed by atoms with van der Waals surface area (Å²) in [6.45, 7) is 11.7. The first-order valence-electron chi connectivity index (χ1n) is 36.2. The van der Waals surface area contributed by atoms with Crippen LogP contribution in [-0.4, -0.2) is 264 Å². The second kappa shape index (κ2) is 36.9. The van der Waals surface area contributed by atoms with Crippen LogP contribution in [0, 0.1) is 23.7 Å². The number of nitrogens with one attached hydrogen (secondary N) is 3. The molecule has 3 aliphatic heterocycles. The fourth-order valence-electron chi connectivity index (χ4n) is 14.8. The zero-order valence-electron chi connectivity index (χ0n) is 61.9. The summed E-state index contributed by atoms with van der Waals surface area (Å²) in [7, 11) is 9.83. The smallest absolute Gasteiger partial charge is 0.377 e. The minimum absolute atomic E-state index is 0.00518. The molecule has 5 aliphatic rings. The minimum Gasteiger partial charge on any atom is -0.377 e. The lowest BCUT2D eigenvalue weighted by Gasteiger charge is -2.40. The Kier molecular flexibility index (Phi) is 30.2. The molecule has 3 saturated heterocycles. The first-order valence-corrected chi connectivity index (χ1v) is 36.6. The van der Waals surface area contributed by atoms with E-state index in [4.69, 9.17) is 16.3 Å². The Morgan fingerprint density at radius 2 is 1.25 bits per heavy atom. The highest BCUT2D eigenvalue weighted by Gasteiger charge is 2.51. The van der Waals surface area contributed by atoms with Crippen molar-refractivity contribution in [3.05, 3.63) is 34.3 Å². The fraction of sp³-hybridized carbons (Fsp3) is 0.750. The van der Waals surface area contributed by atoms with Crippen molar-refractivity contribution >= 4 is 82.5 Å². The molecular weight excluding hydrogens is 1330 g/mol. The number of fused-ring (bicyclic) bond motifs is 1. The average Bonchev–Trinajstić information content (AvgIpc) is 1.72. The summed E-state index contributed by atoms with van der Waals surface area (Å²) in [6.07, 6.45) is 1.15. The van der Waals surface area contributed by atoms with E-state index in [1.165, 1.54) is 79.9 Å². The third kappa shape index (κ3) is 21.5. The standard InChI is InChI=1S/C72H112ClF3N12O13/c1-15-46(7)62-69(99)82(10)42-60(91)80(8)43-61(92)84(12)56(37-47-24-18-17-19-25-47)66(96)81(9)41-58(89)77-52(29-27-48-26-28-50(51(73)36-48)72(74,75)76)65(95)88-40-49(101-16-2)38-54(88)64(94)79-71(30-20-21-31-71)70(100)86(14)55(35-45(5)6)67(97)85(13)57(68(98)87-32-22-23-33-87)39-59(90)83(11)53(34-44(3)4)63(93)78-62/h26,28,36,44-47,49,52-57,62H,15-25,27,29-35,37-43H2,1-14H3,(H,77,89)(H,78,93)(H,79,94)/t46-,49+,52-,53-,54-,55-,56-,57-,62-/m0/s1. The third-order valence-electron chi connectivity index (χ3n) is 21.2. The maximum Gasteiger partial charge on any atom is 0.417 e. The van der Waals surface area contributed by atoms with E-state index in [-0.39, 0.29) is 87.8 Å². The predicted molar refractivity (Wildman–Crippen MR) is 373 cm³/mol. The topological polar surface area (TPSA) is 279 Å². The number of halogens is 4. The first-order chi connectivity index (χ1) is 47.4. The molecule has 101 heavy (non-hydrogen) atoms. The van der Waals surface area contributed by atoms with E-state index in [1.807, 2.05) is 34.6 Å². The zero-order valence-corrected chi connectivity index (χ0v) is 62.6. The quantitative estimate of drug-likeness (QED) is 0.207. The largest absolute Gasteiger partial charge is 0.417 e. The van der Waals surface area contributed by atoms with Gasteiger partial charge in [-0.15, -0.1) is 0 Å². The maximum absolute atomic E-state index is 15.6. The van der Waals surface area contributed by atoms with Crippen molar-refractivity contribution in [2.24, 2.45) is 23.7 Å². The van der Waals surface area contributed by atoms with E-state index in [0.29, 0.717) is 45.2 Å². The summed E-state index contributed by atoms with van der Waals surface area (Å²) in [5.74, 6) is -9.01. The molecule has 25 nitrogen and oxygen atoms in total. The van der Waals surface area contributed by atoms with Gasteiger partial charge < -0.3 is 64.8 Å². The van der Waals surface area contributed by atoms with Crippen LogP contribution in [-0.2, 0) is 74.9 Å². The van der Waals surface area contributed by atoms with Crippen LogP contribution < -0.4 is 16.0 Å². The van der Waals surface area contributed by atoms with Gasteiger partial charge in [0.05, 0.1) is 42.7 Å². The Balaban J connectivity index is 1.45. The number of aryl methyl sites for hydroxylation is 1. The summed E-state index contributed by atoms with van der Waals surface area (Å²) in [5, 5.41) is 8.10. The highest BCUT2D eigenvalue weighted by Crippen LogP contribution is 2.37. The lowest BCUT2D eigenvalue weighted by Crippen LogP contribution is -2.64. The van der Waals surface area contributed by atoms with E-state index in [1.54, 1.807) is 18.7 Å². The van der Waals surface area contributed by atoms with Crippen LogP contribution >= 0.6 is 11.6 Å². The number of ether oxygens (including phenoxy) is 1. The Morgan fingerprint density at radius 1 is 0.653 bits per heavy atom. The van der Waals surface area contributed by atoms with Gasteiger partial charge in [0.15, 0.2) is 0 Å². The van der Waals surface area contributed by atoms with E-state index in [0.717, 1.165) is 58.9 Å². The number of likely N-dealkylation sites (tertiary alicyclic amines) is 1. The van der Waals surface area contributed by atoms with E-state index in [9.17, 15) is 51.5 Å². The SMILES string of the molecule is CCO[C@@H]1C[C@H]2C(=O)NC3(CCCC3)C(=O)N(C)[C@@H](CC(C)C)C(=O)N(C)[C@H](C(=O)N3CCCC3)CC(=O)N(C)[C@@H](CC(C)C)C(=O)N[C@@H]([C@@H](C)CC)C(=O)N(C)CC(=O)N(C)CC(=O)N(C)[C@@H](CC3CCCCC3)C(=O)N(C)CC(=O)N[C@@H](CCc3ccc(C(F)(F)F)c(Cl)c3)C(=O)N2C1. The molecule has 566 valence electrons. The molecule has 2 aliphatic carbocycles. The predicted octanol–water partition coefficient (Wildman–Crippen LogP) is 5.51. The van der Waals surface area contributed by atoms with Crippen LogP contribution in [0.15, 0.2) is 18.2 Å². The molecule has 5 fully saturated rings. The van der Waals surface area contributed by atoms with Gasteiger partial charge in [0.2, 0.25) is 70.9 Å². The van der Waals surface area contributed by atoms with Crippen molar-refractivity contribution in [3.63, 3.8) is 0 Å². The molecule has 1 spiro atoms. The lowest BCUT2D eigenvalue weighted by molar-refractivity contribution is -0.155. The molecule has 2 saturated carbocycles. The number of nitrogens with zero attached hydrogens (tertiary/aromatic N) is 9. The molecule has 0 unspecified atom stereocenters. The van der Waals surface area contributed by atoms with E-state index < -0.39 is 174 Å². The molecule has 12 amide bonds. The number of rotatable bonds is 14. The average molecular weight is 1450 g/mol.